The van der Waals surface area contributed by atoms with Gasteiger partial charge in [0.2, 0.25) is 0 Å². The Morgan fingerprint density at radius 1 is 1.28 bits per heavy atom. The fourth-order valence-electron chi connectivity index (χ4n) is 2.87. The summed E-state index contributed by atoms with van der Waals surface area (Å²) in [7, 11) is 5.88. The van der Waals surface area contributed by atoms with E-state index in [2.05, 4.69) is 19.9 Å². The summed E-state index contributed by atoms with van der Waals surface area (Å²) < 4.78 is 0. The van der Waals surface area contributed by atoms with Crippen molar-refractivity contribution in [3.8, 4) is 11.1 Å². The Labute approximate surface area is 153 Å². The van der Waals surface area contributed by atoms with Crippen molar-refractivity contribution in [1.82, 2.24) is 24.8 Å². The van der Waals surface area contributed by atoms with Crippen molar-refractivity contribution in [1.29, 1.82) is 0 Å². The summed E-state index contributed by atoms with van der Waals surface area (Å²) in [6, 6.07) is 3.78. The Morgan fingerprint density at radius 2 is 2.08 bits per heavy atom. The van der Waals surface area contributed by atoms with E-state index < -0.39 is 0 Å². The molecule has 0 bridgehead atoms. The molecule has 0 aromatic carbocycles. The van der Waals surface area contributed by atoms with Crippen LogP contribution in [-0.2, 0) is 0 Å². The van der Waals surface area contributed by atoms with Gasteiger partial charge in [0.15, 0.2) is 0 Å². The van der Waals surface area contributed by atoms with E-state index in [1.165, 1.54) is 0 Å². The number of carbonyl (C=O) groups excluding carboxylic acids is 1. The van der Waals surface area contributed by atoms with Crippen molar-refractivity contribution in [2.45, 2.75) is 6.42 Å². The van der Waals surface area contributed by atoms with Crippen LogP contribution in [-0.4, -0.2) is 64.9 Å². The number of pyridine rings is 1. The van der Waals surface area contributed by atoms with E-state index in [1.54, 1.807) is 11.1 Å². The van der Waals surface area contributed by atoms with Crippen LogP contribution in [0.25, 0.3) is 22.2 Å². The molecule has 0 fully saturated rings. The number of aromatic amines is 2. The average Bonchev–Trinajstić information content (AvgIpc) is 3.22. The number of nitrogens with zero attached hydrogens (tertiary/aromatic N) is 3. The number of rotatable bonds is 6. The molecule has 0 atom stereocenters. The summed E-state index contributed by atoms with van der Waals surface area (Å²) in [5, 5.41) is 1.49. The Kier molecular flexibility index (Phi) is 5.11. The van der Waals surface area contributed by atoms with E-state index in [0.29, 0.717) is 17.3 Å². The summed E-state index contributed by atoms with van der Waals surface area (Å²) in [5.74, 6) is -0.0273. The molecule has 0 saturated carbocycles. The van der Waals surface area contributed by atoms with Gasteiger partial charge in [-0.1, -0.05) is 11.6 Å². The van der Waals surface area contributed by atoms with E-state index in [4.69, 9.17) is 11.6 Å². The highest BCUT2D eigenvalue weighted by molar-refractivity contribution is 6.34. The van der Waals surface area contributed by atoms with E-state index in [0.717, 1.165) is 35.1 Å². The molecule has 3 aromatic rings. The molecule has 7 heteroatoms. The van der Waals surface area contributed by atoms with Gasteiger partial charge in [-0.05, 0) is 39.2 Å². The predicted molar refractivity (Wildman–Crippen MR) is 103 cm³/mol. The highest BCUT2D eigenvalue weighted by atomic mass is 35.5. The van der Waals surface area contributed by atoms with E-state index in [9.17, 15) is 4.79 Å². The number of H-pyrrole nitrogens is 2. The highest BCUT2D eigenvalue weighted by Crippen LogP contribution is 2.34. The lowest BCUT2D eigenvalue weighted by molar-refractivity contribution is 0.0785. The van der Waals surface area contributed by atoms with Crippen LogP contribution in [0.1, 0.15) is 18.3 Å². The number of hydrogen-bond acceptors (Lipinski definition) is 3. The number of hydrogen-bond donors (Lipinski definition) is 2. The fraction of sp³-hybridized carbons (Fsp3) is 0.333. The van der Waals surface area contributed by atoms with Crippen molar-refractivity contribution in [2.75, 3.05) is 34.2 Å². The molecule has 0 aliphatic heterocycles. The van der Waals surface area contributed by atoms with Gasteiger partial charge in [0, 0.05) is 50.1 Å². The van der Waals surface area contributed by atoms with Gasteiger partial charge in [0.1, 0.15) is 11.3 Å². The van der Waals surface area contributed by atoms with Crippen molar-refractivity contribution < 1.29 is 6.22 Å². The maximum Gasteiger partial charge on any atom is 0.270 e. The molecule has 0 aliphatic carbocycles. The highest BCUT2D eigenvalue weighted by Gasteiger charge is 2.17. The number of amides is 1. The molecule has 3 rings (SSSR count). The Balaban J connectivity index is 0.00000243. The van der Waals surface area contributed by atoms with Gasteiger partial charge in [-0.3, -0.25) is 4.79 Å². The normalized spacial score (nSPS) is 11.4. The topological polar surface area (TPSA) is 68.0 Å². The van der Waals surface area contributed by atoms with Gasteiger partial charge in [0.25, 0.3) is 5.91 Å². The zero-order chi connectivity index (χ0) is 18.0. The van der Waals surface area contributed by atoms with Gasteiger partial charge >= 0.3 is 0 Å². The van der Waals surface area contributed by atoms with E-state index in [-0.39, 0.29) is 7.33 Å². The molecular formula is C18H24ClN5O. The largest absolute Gasteiger partial charge is 0.357 e. The van der Waals surface area contributed by atoms with Crippen LogP contribution in [0.5, 0.6) is 0 Å². The third-order valence-corrected chi connectivity index (χ3v) is 4.47. The molecule has 3 heterocycles. The molecule has 2 N–H and O–H groups in total. The van der Waals surface area contributed by atoms with Crippen LogP contribution in [0.15, 0.2) is 30.7 Å². The Bertz CT molecular complexity index is 889. The maximum absolute atomic E-state index is 12.6. The number of nitrogens with one attached hydrogen (secondary N) is 2. The molecule has 0 radical (unpaired) electrons. The van der Waals surface area contributed by atoms with Crippen molar-refractivity contribution in [3.63, 3.8) is 0 Å². The molecule has 0 spiro atoms. The molecule has 3 aromatic heterocycles. The zero-order valence-corrected chi connectivity index (χ0v) is 15.4. The minimum atomic E-state index is -0.0273. The van der Waals surface area contributed by atoms with Crippen LogP contribution in [0.3, 0.4) is 0 Å². The van der Waals surface area contributed by atoms with Crippen molar-refractivity contribution in [3.05, 3.63) is 41.4 Å². The smallest absolute Gasteiger partial charge is 0.270 e. The summed E-state index contributed by atoms with van der Waals surface area (Å²) in [5.41, 5.74) is 3.08. The van der Waals surface area contributed by atoms with E-state index in [1.807, 2.05) is 45.7 Å². The first kappa shape index (κ1) is 17.5. The number of fused-ring (bicyclic) bond motifs is 1. The maximum atomic E-state index is 12.6. The first-order valence-electron chi connectivity index (χ1n) is 8.18. The molecule has 0 aliphatic rings. The van der Waals surface area contributed by atoms with Crippen LogP contribution < -0.4 is 0 Å². The summed E-state index contributed by atoms with van der Waals surface area (Å²) in [6.07, 6.45) is 6.20. The quantitative estimate of drug-likeness (QED) is 0.706. The predicted octanol–water partition coefficient (Wildman–Crippen LogP) is 3.48. The molecule has 25 heavy (non-hydrogen) atoms. The second kappa shape index (κ2) is 7.29. The van der Waals surface area contributed by atoms with Crippen LogP contribution in [0.4, 0.5) is 0 Å². The molecule has 0 unspecified atom stereocenters. The fourth-order valence-corrected chi connectivity index (χ4v) is 3.13. The molecule has 1 amide bonds. The van der Waals surface area contributed by atoms with Gasteiger partial charge in [-0.25, -0.2) is 4.98 Å². The van der Waals surface area contributed by atoms with E-state index >= 15 is 0 Å². The molecule has 0 saturated heterocycles. The number of aromatic nitrogens is 3. The summed E-state index contributed by atoms with van der Waals surface area (Å²) in [6.45, 7) is 1.66. The van der Waals surface area contributed by atoms with Crippen molar-refractivity contribution >= 4 is 28.5 Å². The van der Waals surface area contributed by atoms with Gasteiger partial charge in [-0.2, -0.15) is 0 Å². The summed E-state index contributed by atoms with van der Waals surface area (Å²) >= 11 is 6.35. The SMILES string of the molecule is CN(C)CCCN(C)C(=O)c1cc(-c2c(Cl)cnc3[nH]ccc23)c[nH]1.[HH]. The average molecular weight is 362 g/mol. The van der Waals surface area contributed by atoms with Crippen molar-refractivity contribution in [2.24, 2.45) is 0 Å². The Morgan fingerprint density at radius 3 is 2.84 bits per heavy atom. The number of carbonyl (C=O) groups is 1. The lowest BCUT2D eigenvalue weighted by Crippen LogP contribution is -2.29. The Hall–Kier alpha value is -2.31. The van der Waals surface area contributed by atoms with Gasteiger partial charge < -0.3 is 19.8 Å². The summed E-state index contributed by atoms with van der Waals surface area (Å²) in [4.78, 5) is 26.9. The van der Waals surface area contributed by atoms with Crippen LogP contribution in [0.2, 0.25) is 5.02 Å². The second-order valence-corrected chi connectivity index (χ2v) is 6.81. The molecule has 134 valence electrons. The third kappa shape index (κ3) is 3.70. The minimum absolute atomic E-state index is 0. The van der Waals surface area contributed by atoms with Gasteiger partial charge in [0.05, 0.1) is 5.02 Å². The minimum Gasteiger partial charge on any atom is -0.357 e. The lowest BCUT2D eigenvalue weighted by Gasteiger charge is -2.17. The van der Waals surface area contributed by atoms with Crippen LogP contribution >= 0.6 is 11.6 Å². The zero-order valence-electron chi connectivity index (χ0n) is 14.6. The van der Waals surface area contributed by atoms with Crippen LogP contribution in [0, 0.1) is 0 Å². The molecule has 6 nitrogen and oxygen atoms in total. The first-order valence-corrected chi connectivity index (χ1v) is 8.55. The molecular weight excluding hydrogens is 338 g/mol. The third-order valence-electron chi connectivity index (χ3n) is 4.19. The lowest BCUT2D eigenvalue weighted by atomic mass is 10.1. The number of halogens is 1. The monoisotopic (exact) mass is 361 g/mol. The second-order valence-electron chi connectivity index (χ2n) is 6.41. The van der Waals surface area contributed by atoms with Gasteiger partial charge in [-0.15, -0.1) is 0 Å². The standard InChI is InChI=1S/C18H22ClN5O.H2/c1-23(2)7-4-8-24(3)18(25)15-9-12(10-21-15)16-13-5-6-20-17(13)22-11-14(16)19;/h5-6,9-11,21H,4,7-8H2,1-3H3,(H,20,22);1H. The first-order chi connectivity index (χ1) is 12.0.